The van der Waals surface area contributed by atoms with Gasteiger partial charge < -0.3 is 5.32 Å². The molecule has 1 amide bonds. The number of thioether (sulfide) groups is 1. The van der Waals surface area contributed by atoms with Crippen LogP contribution in [0, 0.1) is 10.1 Å². The lowest BCUT2D eigenvalue weighted by Gasteiger charge is -2.10. The molecule has 8 heteroatoms. The molecule has 19 heavy (non-hydrogen) atoms. The number of nitrogens with one attached hydrogen (secondary N) is 1. The molecule has 0 radical (unpaired) electrons. The highest BCUT2D eigenvalue weighted by molar-refractivity contribution is 8.14. The molecule has 1 aliphatic rings. The smallest absolute Gasteiger partial charge is 0.270 e. The summed E-state index contributed by atoms with van der Waals surface area (Å²) in [6.45, 7) is 0. The number of amides is 1. The summed E-state index contributed by atoms with van der Waals surface area (Å²) in [5.41, 5.74) is -0.0639. The van der Waals surface area contributed by atoms with Crippen molar-refractivity contribution in [1.82, 2.24) is 5.32 Å². The Balaban J connectivity index is 2.15. The molecule has 0 aliphatic carbocycles. The molecule has 1 aromatic rings. The van der Waals surface area contributed by atoms with Crippen molar-refractivity contribution in [2.75, 3.05) is 5.75 Å². The van der Waals surface area contributed by atoms with Gasteiger partial charge in [0.15, 0.2) is 0 Å². The van der Waals surface area contributed by atoms with Crippen LogP contribution >= 0.6 is 23.4 Å². The molecule has 6 nitrogen and oxygen atoms in total. The summed E-state index contributed by atoms with van der Waals surface area (Å²) >= 11 is 7.01. The van der Waals surface area contributed by atoms with Crippen molar-refractivity contribution in [3.05, 3.63) is 38.9 Å². The van der Waals surface area contributed by atoms with Crippen molar-refractivity contribution in [3.8, 4) is 0 Å². The van der Waals surface area contributed by atoms with E-state index in [1.165, 1.54) is 23.9 Å². The minimum Gasteiger partial charge on any atom is -0.341 e. The first-order valence-electron chi connectivity index (χ1n) is 5.40. The maximum atomic E-state index is 11.9. The maximum absolute atomic E-state index is 11.9. The number of nitro groups is 1. The van der Waals surface area contributed by atoms with Gasteiger partial charge in [-0.1, -0.05) is 23.4 Å². The lowest BCUT2D eigenvalue weighted by atomic mass is 10.1. The number of halogens is 1. The van der Waals surface area contributed by atoms with Crippen LogP contribution in [0.5, 0.6) is 0 Å². The molecule has 1 saturated heterocycles. The number of hydrogen-bond acceptors (Lipinski definition) is 5. The van der Waals surface area contributed by atoms with Crippen molar-refractivity contribution in [1.29, 1.82) is 0 Å². The summed E-state index contributed by atoms with van der Waals surface area (Å²) in [6.07, 6.45) is 0.583. The quantitative estimate of drug-likeness (QED) is 0.681. The van der Waals surface area contributed by atoms with E-state index in [4.69, 9.17) is 11.6 Å². The molecule has 1 heterocycles. The SMILES string of the molecule is O=C(N[C@@H]1CCSC1=O)c1ccc([N+](=O)[O-])cc1Cl. The Hall–Kier alpha value is -1.60. The van der Waals surface area contributed by atoms with Crippen molar-refractivity contribution in [2.45, 2.75) is 12.5 Å². The largest absolute Gasteiger partial charge is 0.341 e. The Morgan fingerprint density at radius 2 is 2.26 bits per heavy atom. The monoisotopic (exact) mass is 300 g/mol. The number of carbonyl (C=O) groups excluding carboxylic acids is 2. The minimum absolute atomic E-state index is 0.00945. The van der Waals surface area contributed by atoms with E-state index >= 15 is 0 Å². The molecule has 2 rings (SSSR count). The topological polar surface area (TPSA) is 89.3 Å². The zero-order valence-electron chi connectivity index (χ0n) is 9.59. The predicted octanol–water partition coefficient (Wildman–Crippen LogP) is 2.01. The number of nitro benzene ring substituents is 1. The Morgan fingerprint density at radius 1 is 1.53 bits per heavy atom. The first-order chi connectivity index (χ1) is 8.99. The molecule has 0 aromatic heterocycles. The Morgan fingerprint density at radius 3 is 2.79 bits per heavy atom. The van der Waals surface area contributed by atoms with Gasteiger partial charge >= 0.3 is 0 Å². The average Bonchev–Trinajstić information content (AvgIpc) is 2.74. The third-order valence-corrected chi connectivity index (χ3v) is 3.97. The van der Waals surface area contributed by atoms with Crippen molar-refractivity contribution in [2.24, 2.45) is 0 Å². The molecule has 1 aliphatic heterocycles. The van der Waals surface area contributed by atoms with Crippen molar-refractivity contribution in [3.63, 3.8) is 0 Å². The maximum Gasteiger partial charge on any atom is 0.270 e. The third kappa shape index (κ3) is 3.05. The van der Waals surface area contributed by atoms with Crippen LogP contribution in [0.2, 0.25) is 5.02 Å². The van der Waals surface area contributed by atoms with Crippen molar-refractivity contribution < 1.29 is 14.5 Å². The van der Waals surface area contributed by atoms with Crippen molar-refractivity contribution >= 4 is 40.1 Å². The summed E-state index contributed by atoms with van der Waals surface area (Å²) in [6, 6.07) is 3.08. The first kappa shape index (κ1) is 13.8. The number of benzene rings is 1. The second-order valence-corrected chi connectivity index (χ2v) is 5.41. The molecule has 100 valence electrons. The van der Waals surface area contributed by atoms with Crippen LogP contribution in [0.4, 0.5) is 5.69 Å². The lowest BCUT2D eigenvalue weighted by Crippen LogP contribution is -2.37. The molecule has 0 spiro atoms. The second-order valence-electron chi connectivity index (χ2n) is 3.90. The highest BCUT2D eigenvalue weighted by Crippen LogP contribution is 2.24. The second kappa shape index (κ2) is 5.58. The Kier molecular flexibility index (Phi) is 4.06. The fraction of sp³-hybridized carbons (Fsp3) is 0.273. The van der Waals surface area contributed by atoms with E-state index in [9.17, 15) is 19.7 Å². The van der Waals surface area contributed by atoms with Crippen LogP contribution in [-0.2, 0) is 4.79 Å². The van der Waals surface area contributed by atoms with E-state index < -0.39 is 16.9 Å². The summed E-state index contributed by atoms with van der Waals surface area (Å²) in [4.78, 5) is 33.3. The number of carbonyl (C=O) groups is 2. The Labute approximate surface area is 117 Å². The van der Waals surface area contributed by atoms with Gasteiger partial charge in [0.05, 0.1) is 21.6 Å². The van der Waals surface area contributed by atoms with Crippen LogP contribution in [0.15, 0.2) is 18.2 Å². The lowest BCUT2D eigenvalue weighted by molar-refractivity contribution is -0.384. The van der Waals surface area contributed by atoms with E-state index in [1.807, 2.05) is 0 Å². The summed E-state index contributed by atoms with van der Waals surface area (Å²) < 4.78 is 0. The summed E-state index contributed by atoms with van der Waals surface area (Å²) in [5.74, 6) is 0.179. The summed E-state index contributed by atoms with van der Waals surface area (Å²) in [7, 11) is 0. The van der Waals surface area contributed by atoms with Gasteiger partial charge in [0.2, 0.25) is 5.12 Å². The van der Waals surface area contributed by atoms with E-state index in [0.29, 0.717) is 12.2 Å². The molecular weight excluding hydrogens is 292 g/mol. The van der Waals surface area contributed by atoms with E-state index in [-0.39, 0.29) is 21.4 Å². The molecule has 1 fully saturated rings. The highest BCUT2D eigenvalue weighted by atomic mass is 35.5. The molecule has 1 N–H and O–H groups in total. The van der Waals surface area contributed by atoms with Gasteiger partial charge in [0.1, 0.15) is 0 Å². The minimum atomic E-state index is -0.593. The number of nitrogens with zero attached hydrogens (tertiary/aromatic N) is 1. The molecule has 0 unspecified atom stereocenters. The highest BCUT2D eigenvalue weighted by Gasteiger charge is 2.27. The zero-order valence-corrected chi connectivity index (χ0v) is 11.2. The fourth-order valence-electron chi connectivity index (χ4n) is 1.66. The number of rotatable bonds is 3. The van der Waals surface area contributed by atoms with E-state index in [2.05, 4.69) is 5.32 Å². The molecule has 1 atom stereocenters. The molecule has 0 saturated carbocycles. The van der Waals surface area contributed by atoms with Crippen LogP contribution in [0.1, 0.15) is 16.8 Å². The van der Waals surface area contributed by atoms with E-state index in [1.54, 1.807) is 0 Å². The van der Waals surface area contributed by atoms with E-state index in [0.717, 1.165) is 6.07 Å². The van der Waals surface area contributed by atoms with Gasteiger partial charge in [-0.3, -0.25) is 19.7 Å². The van der Waals surface area contributed by atoms with Gasteiger partial charge in [-0.25, -0.2) is 0 Å². The van der Waals surface area contributed by atoms with Crippen LogP contribution in [0.3, 0.4) is 0 Å². The predicted molar refractivity (Wildman–Crippen MR) is 71.4 cm³/mol. The summed E-state index contributed by atoms with van der Waals surface area (Å²) in [5, 5.41) is 13.0. The molecule has 1 aromatic carbocycles. The van der Waals surface area contributed by atoms with Crippen LogP contribution < -0.4 is 5.32 Å². The number of hydrogen-bond donors (Lipinski definition) is 1. The molecular formula is C11H9ClN2O4S. The van der Waals surface area contributed by atoms with Gasteiger partial charge in [-0.2, -0.15) is 0 Å². The number of non-ortho nitro benzene ring substituents is 1. The Bertz CT molecular complexity index is 564. The molecule has 0 bridgehead atoms. The zero-order chi connectivity index (χ0) is 14.0. The third-order valence-electron chi connectivity index (χ3n) is 2.65. The normalized spacial score (nSPS) is 18.4. The average molecular weight is 301 g/mol. The van der Waals surface area contributed by atoms with Crippen LogP contribution in [-0.4, -0.2) is 27.7 Å². The first-order valence-corrected chi connectivity index (χ1v) is 6.77. The van der Waals surface area contributed by atoms with Gasteiger partial charge in [0.25, 0.3) is 11.6 Å². The van der Waals surface area contributed by atoms with Gasteiger partial charge in [0, 0.05) is 17.9 Å². The van der Waals surface area contributed by atoms with Gasteiger partial charge in [-0.15, -0.1) is 0 Å². The fourth-order valence-corrected chi connectivity index (χ4v) is 2.86. The standard InChI is InChI=1S/C11H9ClN2O4S/c12-8-5-6(14(17)18)1-2-7(8)10(15)13-9-3-4-19-11(9)16/h1-2,5,9H,3-4H2,(H,13,15)/t9-/m1/s1. The van der Waals surface area contributed by atoms with Gasteiger partial charge in [-0.05, 0) is 12.5 Å². The van der Waals surface area contributed by atoms with Crippen LogP contribution in [0.25, 0.3) is 0 Å².